The van der Waals surface area contributed by atoms with E-state index in [1.165, 1.54) is 19.2 Å². The second-order valence-corrected chi connectivity index (χ2v) is 4.41. The molecule has 0 aliphatic carbocycles. The number of carbonyl (C=O) groups is 1. The van der Waals surface area contributed by atoms with Crippen molar-refractivity contribution in [3.63, 3.8) is 0 Å². The molecule has 4 N–H and O–H groups in total. The minimum absolute atomic E-state index is 0.102. The molecule has 0 saturated carbocycles. The first kappa shape index (κ1) is 13.7. The molecule has 2 rings (SSSR count). The number of imidazole rings is 1. The van der Waals surface area contributed by atoms with E-state index < -0.39 is 0 Å². The zero-order chi connectivity index (χ0) is 14.7. The van der Waals surface area contributed by atoms with E-state index in [0.717, 1.165) is 0 Å². The van der Waals surface area contributed by atoms with Gasteiger partial charge in [-0.1, -0.05) is 0 Å². The van der Waals surface area contributed by atoms with Crippen molar-refractivity contribution in [1.29, 1.82) is 0 Å². The van der Waals surface area contributed by atoms with Crippen LogP contribution in [0.15, 0.2) is 30.9 Å². The maximum absolute atomic E-state index is 11.9. The van der Waals surface area contributed by atoms with Gasteiger partial charge in [0.1, 0.15) is 23.9 Å². The summed E-state index contributed by atoms with van der Waals surface area (Å²) < 4.78 is 8.60. The fraction of sp³-hybridized carbons (Fsp3) is 0.231. The summed E-state index contributed by atoms with van der Waals surface area (Å²) in [5.41, 5.74) is 6.22. The summed E-state index contributed by atoms with van der Waals surface area (Å²) in [5, 5.41) is 12.4. The number of carbonyl (C=O) groups excluding carboxylic acids is 1. The van der Waals surface area contributed by atoms with Gasteiger partial charge in [0.05, 0.1) is 25.5 Å². The standard InChI is InChI=1S/C13H16N4O3/c1-16-3-4-17(8-16)7-13(19)15-10-6-12(20-2)9(14)5-11(10)18/h3-6,8H,7,14H2,1-2H3,(H-,15,18,19)/p+1. The Morgan fingerprint density at radius 2 is 2.30 bits per heavy atom. The van der Waals surface area contributed by atoms with Crippen LogP contribution >= 0.6 is 0 Å². The van der Waals surface area contributed by atoms with Gasteiger partial charge in [-0.3, -0.25) is 4.79 Å². The van der Waals surface area contributed by atoms with Crippen molar-refractivity contribution in [2.45, 2.75) is 6.54 Å². The molecule has 1 aromatic carbocycles. The molecule has 0 unspecified atom stereocenters. The Labute approximate surface area is 116 Å². The summed E-state index contributed by atoms with van der Waals surface area (Å²) in [6.45, 7) is 0.146. The minimum Gasteiger partial charge on any atom is -0.506 e. The molecule has 0 aliphatic heterocycles. The molecule has 1 heterocycles. The van der Waals surface area contributed by atoms with Crippen molar-refractivity contribution in [2.24, 2.45) is 7.05 Å². The molecule has 1 amide bonds. The number of aromatic hydroxyl groups is 1. The van der Waals surface area contributed by atoms with E-state index in [4.69, 9.17) is 10.5 Å². The molecular weight excluding hydrogens is 260 g/mol. The average Bonchev–Trinajstić information content (AvgIpc) is 2.78. The lowest BCUT2D eigenvalue weighted by Crippen LogP contribution is -2.25. The largest absolute Gasteiger partial charge is 0.506 e. The number of aromatic nitrogens is 2. The van der Waals surface area contributed by atoms with Crippen LogP contribution in [-0.4, -0.2) is 22.7 Å². The highest BCUT2D eigenvalue weighted by Gasteiger charge is 2.13. The van der Waals surface area contributed by atoms with E-state index >= 15 is 0 Å². The third-order valence-electron chi connectivity index (χ3n) is 2.77. The van der Waals surface area contributed by atoms with Gasteiger partial charge in [-0.25, -0.2) is 9.13 Å². The van der Waals surface area contributed by atoms with Crippen molar-refractivity contribution < 1.29 is 19.2 Å². The van der Waals surface area contributed by atoms with Crippen molar-refractivity contribution in [2.75, 3.05) is 18.2 Å². The molecule has 20 heavy (non-hydrogen) atoms. The number of phenolic OH excluding ortho intramolecular Hbond substituents is 1. The summed E-state index contributed by atoms with van der Waals surface area (Å²) in [7, 11) is 3.33. The van der Waals surface area contributed by atoms with Crippen molar-refractivity contribution >= 4 is 17.3 Å². The summed E-state index contributed by atoms with van der Waals surface area (Å²) in [4.78, 5) is 11.9. The number of hydrogen-bond acceptors (Lipinski definition) is 4. The topological polar surface area (TPSA) is 93.4 Å². The van der Waals surface area contributed by atoms with Gasteiger partial charge in [0.2, 0.25) is 6.33 Å². The Hall–Kier alpha value is -2.70. The zero-order valence-corrected chi connectivity index (χ0v) is 11.3. The highest BCUT2D eigenvalue weighted by atomic mass is 16.5. The molecule has 0 saturated heterocycles. The number of nitrogen functional groups attached to an aromatic ring is 1. The van der Waals surface area contributed by atoms with Gasteiger partial charge >= 0.3 is 0 Å². The second-order valence-electron chi connectivity index (χ2n) is 4.41. The fourth-order valence-corrected chi connectivity index (χ4v) is 1.81. The van der Waals surface area contributed by atoms with Gasteiger partial charge in [0, 0.05) is 12.1 Å². The maximum atomic E-state index is 11.9. The van der Waals surface area contributed by atoms with Gasteiger partial charge in [0.15, 0.2) is 6.54 Å². The molecule has 7 nitrogen and oxygen atoms in total. The molecule has 1 aromatic heterocycles. The number of nitrogens with zero attached hydrogens (tertiary/aromatic N) is 2. The highest BCUT2D eigenvalue weighted by Crippen LogP contribution is 2.33. The lowest BCUT2D eigenvalue weighted by atomic mass is 10.2. The minimum atomic E-state index is -0.261. The van der Waals surface area contributed by atoms with E-state index in [0.29, 0.717) is 11.4 Å². The molecule has 0 atom stereocenters. The zero-order valence-electron chi connectivity index (χ0n) is 11.3. The molecule has 0 spiro atoms. The fourth-order valence-electron chi connectivity index (χ4n) is 1.81. The molecule has 0 radical (unpaired) electrons. The number of phenols is 1. The van der Waals surface area contributed by atoms with Crippen LogP contribution in [0.1, 0.15) is 0 Å². The van der Waals surface area contributed by atoms with Crippen LogP contribution in [0.2, 0.25) is 0 Å². The van der Waals surface area contributed by atoms with E-state index in [-0.39, 0.29) is 23.9 Å². The van der Waals surface area contributed by atoms with Crippen LogP contribution < -0.4 is 20.4 Å². The number of rotatable bonds is 4. The predicted octanol–water partition coefficient (Wildman–Crippen LogP) is 0.248. The van der Waals surface area contributed by atoms with Crippen LogP contribution in [-0.2, 0) is 18.4 Å². The third kappa shape index (κ3) is 3.00. The van der Waals surface area contributed by atoms with E-state index in [1.54, 1.807) is 17.1 Å². The van der Waals surface area contributed by atoms with Crippen LogP contribution in [0.4, 0.5) is 11.4 Å². The predicted molar refractivity (Wildman–Crippen MR) is 73.3 cm³/mol. The third-order valence-corrected chi connectivity index (χ3v) is 2.77. The van der Waals surface area contributed by atoms with Gasteiger partial charge < -0.3 is 20.9 Å². The van der Waals surface area contributed by atoms with E-state index in [9.17, 15) is 9.90 Å². The second kappa shape index (κ2) is 5.52. The van der Waals surface area contributed by atoms with Crippen LogP contribution in [0.5, 0.6) is 11.5 Å². The SMILES string of the molecule is COc1cc(NC(=O)Cn2cc[n+](C)c2)c(O)cc1N. The average molecular weight is 277 g/mol. The lowest BCUT2D eigenvalue weighted by molar-refractivity contribution is -0.671. The summed E-state index contributed by atoms with van der Waals surface area (Å²) in [5.74, 6) is 0.0310. The number of benzene rings is 1. The van der Waals surface area contributed by atoms with Crippen LogP contribution in [0.25, 0.3) is 0 Å². The maximum Gasteiger partial charge on any atom is 0.266 e. The first-order chi connectivity index (χ1) is 9.49. The highest BCUT2D eigenvalue weighted by molar-refractivity contribution is 5.93. The van der Waals surface area contributed by atoms with Crippen LogP contribution in [0.3, 0.4) is 0 Å². The first-order valence-electron chi connectivity index (χ1n) is 5.97. The number of amides is 1. The van der Waals surface area contributed by atoms with Gasteiger partial charge in [-0.15, -0.1) is 0 Å². The van der Waals surface area contributed by atoms with Gasteiger partial charge in [0.25, 0.3) is 5.91 Å². The van der Waals surface area contributed by atoms with E-state index in [2.05, 4.69) is 5.32 Å². The number of ether oxygens (including phenoxy) is 1. The van der Waals surface area contributed by atoms with Crippen molar-refractivity contribution in [3.05, 3.63) is 30.9 Å². The lowest BCUT2D eigenvalue weighted by Gasteiger charge is -2.10. The molecular formula is C13H17N4O3+. The van der Waals surface area contributed by atoms with Crippen LogP contribution in [0, 0.1) is 0 Å². The summed E-state index contributed by atoms with van der Waals surface area (Å²) >= 11 is 0. The van der Waals surface area contributed by atoms with E-state index in [1.807, 2.05) is 17.8 Å². The number of hydrogen-bond donors (Lipinski definition) is 3. The number of aryl methyl sites for hydroxylation is 1. The molecule has 2 aromatic rings. The molecule has 106 valence electrons. The molecule has 0 bridgehead atoms. The van der Waals surface area contributed by atoms with Crippen molar-refractivity contribution in [1.82, 2.24) is 4.57 Å². The number of anilines is 2. The molecule has 7 heteroatoms. The van der Waals surface area contributed by atoms with Gasteiger partial charge in [-0.05, 0) is 0 Å². The normalized spacial score (nSPS) is 10.3. The molecule has 0 fully saturated rings. The Balaban J connectivity index is 2.11. The number of methoxy groups -OCH3 is 1. The first-order valence-corrected chi connectivity index (χ1v) is 5.97. The summed E-state index contributed by atoms with van der Waals surface area (Å²) in [6.07, 6.45) is 5.39. The smallest absolute Gasteiger partial charge is 0.266 e. The Kier molecular flexibility index (Phi) is 3.79. The van der Waals surface area contributed by atoms with Gasteiger partial charge in [-0.2, -0.15) is 0 Å². The number of nitrogens with two attached hydrogens (primary N) is 1. The Morgan fingerprint density at radius 1 is 1.55 bits per heavy atom. The van der Waals surface area contributed by atoms with Crippen molar-refractivity contribution in [3.8, 4) is 11.5 Å². The molecule has 0 aliphatic rings. The Bertz CT molecular complexity index is 637. The monoisotopic (exact) mass is 277 g/mol. The quantitative estimate of drug-likeness (QED) is 0.424. The number of nitrogens with one attached hydrogen (secondary N) is 1. The summed E-state index contributed by atoms with van der Waals surface area (Å²) in [6, 6.07) is 2.82. The Morgan fingerprint density at radius 3 is 2.90 bits per heavy atom.